The molecule has 0 amide bonds. The van der Waals surface area contributed by atoms with Crippen molar-refractivity contribution in [3.8, 4) is 16.8 Å². The minimum absolute atomic E-state index is 0.300. The van der Waals surface area contributed by atoms with E-state index < -0.39 is 0 Å². The van der Waals surface area contributed by atoms with Gasteiger partial charge in [-0.15, -0.1) is 22.7 Å². The molecule has 6 heteroatoms. The highest BCUT2D eigenvalue weighted by molar-refractivity contribution is 7.26. The molecule has 0 aliphatic carbocycles. The maximum absolute atomic E-state index is 5.35. The average Bonchev–Trinajstić information content (AvgIpc) is 3.96. The summed E-state index contributed by atoms with van der Waals surface area (Å²) in [5, 5.41) is 11.3. The number of fused-ring (bicyclic) bond motifs is 9. The molecule has 1 N–H and O–H groups in total. The highest BCUT2D eigenvalue weighted by Crippen LogP contribution is 2.43. The van der Waals surface area contributed by atoms with Crippen molar-refractivity contribution >= 4 is 96.5 Å². The van der Waals surface area contributed by atoms with Gasteiger partial charge in [-0.1, -0.05) is 127 Å². The molecule has 4 heterocycles. The van der Waals surface area contributed by atoms with Gasteiger partial charge in [0.2, 0.25) is 0 Å². The number of amidine groups is 2. The Labute approximate surface area is 336 Å². The third kappa shape index (κ3) is 5.18. The molecule has 1 aliphatic rings. The van der Waals surface area contributed by atoms with Crippen LogP contribution in [0, 0.1) is 0 Å². The molecule has 12 rings (SSSR count). The van der Waals surface area contributed by atoms with Gasteiger partial charge >= 0.3 is 0 Å². The highest BCUT2D eigenvalue weighted by atomic mass is 32.1. The van der Waals surface area contributed by atoms with Crippen LogP contribution in [0.25, 0.3) is 79.0 Å². The lowest BCUT2D eigenvalue weighted by atomic mass is 9.97. The second-order valence-corrected chi connectivity index (χ2v) is 16.7. The molecule has 11 aromatic rings. The van der Waals surface area contributed by atoms with Gasteiger partial charge in [-0.3, -0.25) is 0 Å². The van der Waals surface area contributed by atoms with Crippen molar-refractivity contribution in [2.45, 2.75) is 6.17 Å². The molecule has 0 spiro atoms. The lowest BCUT2D eigenvalue weighted by Crippen LogP contribution is -2.33. The van der Waals surface area contributed by atoms with Crippen molar-refractivity contribution in [1.82, 2.24) is 9.88 Å². The van der Waals surface area contributed by atoms with Gasteiger partial charge in [0.1, 0.15) is 12.0 Å². The highest BCUT2D eigenvalue weighted by Gasteiger charge is 2.24. The largest absolute Gasteiger partial charge is 0.344 e. The molecule has 0 saturated carbocycles. The monoisotopic (exact) mass is 764 g/mol. The van der Waals surface area contributed by atoms with E-state index in [1.807, 2.05) is 28.7 Å². The summed E-state index contributed by atoms with van der Waals surface area (Å²) >= 11 is 3.66. The summed E-state index contributed by atoms with van der Waals surface area (Å²) in [6.45, 7) is 0. The Morgan fingerprint density at radius 1 is 0.456 bits per heavy atom. The van der Waals surface area contributed by atoms with E-state index in [0.717, 1.165) is 34.0 Å². The van der Waals surface area contributed by atoms with Crippen molar-refractivity contribution in [2.75, 3.05) is 0 Å². The lowest BCUT2D eigenvalue weighted by Gasteiger charge is -2.24. The zero-order chi connectivity index (χ0) is 37.5. The fraction of sp³-hybridized carbons (Fsp3) is 0.0196. The number of hydrogen-bond donors (Lipinski definition) is 1. The van der Waals surface area contributed by atoms with E-state index in [9.17, 15) is 0 Å². The number of benzene rings is 8. The van der Waals surface area contributed by atoms with Crippen LogP contribution in [0.2, 0.25) is 0 Å². The summed E-state index contributed by atoms with van der Waals surface area (Å²) in [4.78, 5) is 10.5. The summed E-state index contributed by atoms with van der Waals surface area (Å²) in [7, 11) is 0. The SMILES string of the molecule is c1ccc(C2=NC(c3ccc4c(c3)sc3ccc(-c5cccc6c5c5ccccc5n6-c5ccccc5)cc34)=NC(c3cccc4sc5ccccc5c34)N2)cc1. The standard InChI is InChI=1S/C51H32N4S2/c1-3-13-31(14-4-1)49-52-50(54-51(53-49)39-20-12-24-45-48(39)38-18-8-10-23-43(38)56-45)33-25-27-36-40-29-32(26-28-44(40)57-46(36)30-33)35-19-11-22-42-47(35)37-17-7-9-21-41(37)55(42)34-15-5-2-6-16-34/h1-30,51H,(H,52,53,54). The van der Waals surface area contributed by atoms with Crippen molar-refractivity contribution in [3.05, 3.63) is 199 Å². The summed E-state index contributed by atoms with van der Waals surface area (Å²) in [6.07, 6.45) is -0.300. The van der Waals surface area contributed by atoms with E-state index in [0.29, 0.717) is 0 Å². The van der Waals surface area contributed by atoms with Crippen molar-refractivity contribution < 1.29 is 0 Å². The number of aromatic nitrogens is 1. The molecule has 0 bridgehead atoms. The number of aliphatic imine (C=N–C) groups is 2. The third-order valence-corrected chi connectivity index (χ3v) is 13.5. The quantitative estimate of drug-likeness (QED) is 0.186. The maximum Gasteiger partial charge on any atom is 0.159 e. The zero-order valence-corrected chi connectivity index (χ0v) is 32.2. The molecule has 8 aromatic carbocycles. The second-order valence-electron chi connectivity index (χ2n) is 14.6. The van der Waals surface area contributed by atoms with Crippen LogP contribution in [-0.2, 0) is 0 Å². The maximum atomic E-state index is 5.35. The molecule has 4 nitrogen and oxygen atoms in total. The van der Waals surface area contributed by atoms with E-state index in [-0.39, 0.29) is 6.17 Å². The van der Waals surface area contributed by atoms with Crippen molar-refractivity contribution in [2.24, 2.45) is 9.98 Å². The molecule has 0 fully saturated rings. The zero-order valence-electron chi connectivity index (χ0n) is 30.6. The van der Waals surface area contributed by atoms with Crippen LogP contribution in [0.15, 0.2) is 192 Å². The number of hydrogen-bond acceptors (Lipinski definition) is 5. The van der Waals surface area contributed by atoms with Gasteiger partial charge in [-0.05, 0) is 65.7 Å². The van der Waals surface area contributed by atoms with Crippen LogP contribution >= 0.6 is 22.7 Å². The smallest absolute Gasteiger partial charge is 0.159 e. The van der Waals surface area contributed by atoms with Gasteiger partial charge in [-0.2, -0.15) is 0 Å². The first-order valence-electron chi connectivity index (χ1n) is 19.2. The Morgan fingerprint density at radius 3 is 2.05 bits per heavy atom. The topological polar surface area (TPSA) is 41.7 Å². The Kier molecular flexibility index (Phi) is 7.30. The van der Waals surface area contributed by atoms with Crippen LogP contribution in [0.5, 0.6) is 0 Å². The van der Waals surface area contributed by atoms with Gasteiger partial charge in [0, 0.05) is 73.5 Å². The van der Waals surface area contributed by atoms with E-state index in [2.05, 4.69) is 186 Å². The summed E-state index contributed by atoms with van der Waals surface area (Å²) in [5.41, 5.74) is 9.24. The van der Waals surface area contributed by atoms with Crippen molar-refractivity contribution in [3.63, 3.8) is 0 Å². The molecule has 0 radical (unpaired) electrons. The number of para-hydroxylation sites is 2. The average molecular weight is 765 g/mol. The van der Waals surface area contributed by atoms with Crippen molar-refractivity contribution in [1.29, 1.82) is 0 Å². The van der Waals surface area contributed by atoms with Crippen LogP contribution in [0.1, 0.15) is 22.9 Å². The minimum Gasteiger partial charge on any atom is -0.344 e. The first kappa shape index (κ1) is 32.4. The van der Waals surface area contributed by atoms with E-state index in [1.54, 1.807) is 0 Å². The predicted octanol–water partition coefficient (Wildman–Crippen LogP) is 13.7. The fourth-order valence-electron chi connectivity index (χ4n) is 8.71. The Hall–Kier alpha value is -6.86. The van der Waals surface area contributed by atoms with Crippen LogP contribution < -0.4 is 5.32 Å². The number of nitrogens with zero attached hydrogens (tertiary/aromatic N) is 3. The molecule has 1 unspecified atom stereocenters. The van der Waals surface area contributed by atoms with Gasteiger partial charge in [0.05, 0.1) is 11.0 Å². The molecule has 0 saturated heterocycles. The van der Waals surface area contributed by atoms with Gasteiger partial charge in [0.15, 0.2) is 5.84 Å². The number of nitrogens with one attached hydrogen (secondary N) is 1. The van der Waals surface area contributed by atoms with E-state index >= 15 is 0 Å². The van der Waals surface area contributed by atoms with Gasteiger partial charge < -0.3 is 9.88 Å². The number of thiophene rings is 2. The number of rotatable bonds is 5. The Morgan fingerprint density at radius 2 is 1.16 bits per heavy atom. The van der Waals surface area contributed by atoms with E-state index in [1.165, 1.54) is 73.3 Å². The molecule has 3 aromatic heterocycles. The first-order chi connectivity index (χ1) is 28.2. The second kappa shape index (κ2) is 12.8. The summed E-state index contributed by atoms with van der Waals surface area (Å²) in [6, 6.07) is 65.5. The lowest BCUT2D eigenvalue weighted by molar-refractivity contribution is 0.680. The van der Waals surface area contributed by atoms with Crippen LogP contribution in [0.3, 0.4) is 0 Å². The summed E-state index contributed by atoms with van der Waals surface area (Å²) < 4.78 is 7.42. The fourth-order valence-corrected chi connectivity index (χ4v) is 11.0. The molecule has 1 aliphatic heterocycles. The molecular weight excluding hydrogens is 733 g/mol. The van der Waals surface area contributed by atoms with Crippen LogP contribution in [-0.4, -0.2) is 16.2 Å². The predicted molar refractivity (Wildman–Crippen MR) is 244 cm³/mol. The van der Waals surface area contributed by atoms with Gasteiger partial charge in [0.25, 0.3) is 0 Å². The summed E-state index contributed by atoms with van der Waals surface area (Å²) in [5.74, 6) is 1.56. The van der Waals surface area contributed by atoms with Gasteiger partial charge in [-0.25, -0.2) is 9.98 Å². The Balaban J connectivity index is 0.991. The Bertz CT molecular complexity index is 3440. The third-order valence-electron chi connectivity index (χ3n) is 11.3. The first-order valence-corrected chi connectivity index (χ1v) is 20.8. The molecular formula is C51H32N4S2. The molecule has 268 valence electrons. The molecule has 57 heavy (non-hydrogen) atoms. The normalized spacial score (nSPS) is 14.5. The van der Waals surface area contributed by atoms with E-state index in [4.69, 9.17) is 9.98 Å². The molecule has 1 atom stereocenters. The van der Waals surface area contributed by atoms with Crippen LogP contribution in [0.4, 0.5) is 0 Å². The minimum atomic E-state index is -0.300.